The number of aromatic nitrogens is 1. The van der Waals surface area contributed by atoms with Crippen molar-refractivity contribution in [2.45, 2.75) is 44.8 Å². The van der Waals surface area contributed by atoms with Crippen LogP contribution in [0.3, 0.4) is 0 Å². The number of carbonyl (C=O) groups is 4. The predicted octanol–water partition coefficient (Wildman–Crippen LogP) is 4.01. The van der Waals surface area contributed by atoms with Crippen molar-refractivity contribution >= 4 is 35.0 Å². The number of carbonyl (C=O) groups excluding carboxylic acids is 4. The molecule has 1 N–H and O–H groups in total. The maximum absolute atomic E-state index is 13.7. The second-order valence-electron chi connectivity index (χ2n) is 10.2. The Balaban J connectivity index is 1.26. The summed E-state index contributed by atoms with van der Waals surface area (Å²) >= 11 is 1.34. The van der Waals surface area contributed by atoms with Gasteiger partial charge in [0.1, 0.15) is 12.1 Å². The summed E-state index contributed by atoms with van der Waals surface area (Å²) in [5, 5.41) is 3.15. The lowest BCUT2D eigenvalue weighted by Gasteiger charge is -2.28. The van der Waals surface area contributed by atoms with Crippen LogP contribution in [0.5, 0.6) is 5.06 Å². The van der Waals surface area contributed by atoms with E-state index >= 15 is 0 Å². The quantitative estimate of drug-likeness (QED) is 0.480. The lowest BCUT2D eigenvalue weighted by molar-refractivity contribution is -0.138. The minimum Gasteiger partial charge on any atom is -0.399 e. The van der Waals surface area contributed by atoms with Crippen molar-refractivity contribution < 1.29 is 23.9 Å². The molecule has 3 atom stereocenters. The van der Waals surface area contributed by atoms with Crippen LogP contribution in [0.2, 0.25) is 0 Å². The van der Waals surface area contributed by atoms with E-state index in [-0.39, 0.29) is 30.1 Å². The number of Topliss-reactive ketones (excluding diaryl/α,β-unsaturated/α-hetero) is 1. The SMILES string of the molecule is CC(C)CC(NC(=O)Oc1ccc(-c2ccccc2)s1)C(=O)N1CCC2C1C(=O)CN2C(=O)c1ccncc1. The molecule has 4 heterocycles. The average molecular weight is 547 g/mol. The van der Waals surface area contributed by atoms with E-state index in [2.05, 4.69) is 10.3 Å². The van der Waals surface area contributed by atoms with Gasteiger partial charge in [0, 0.05) is 29.4 Å². The minimum absolute atomic E-state index is 0.0489. The van der Waals surface area contributed by atoms with E-state index in [1.165, 1.54) is 28.6 Å². The van der Waals surface area contributed by atoms with Crippen LogP contribution in [0.4, 0.5) is 4.79 Å². The zero-order chi connectivity index (χ0) is 27.5. The highest BCUT2D eigenvalue weighted by molar-refractivity contribution is 7.17. The van der Waals surface area contributed by atoms with Gasteiger partial charge >= 0.3 is 6.09 Å². The molecule has 39 heavy (non-hydrogen) atoms. The average Bonchev–Trinajstić information content (AvgIpc) is 3.66. The summed E-state index contributed by atoms with van der Waals surface area (Å²) in [6.07, 6.45) is 3.23. The highest BCUT2D eigenvalue weighted by Crippen LogP contribution is 2.34. The van der Waals surface area contributed by atoms with Crippen LogP contribution in [0.1, 0.15) is 37.0 Å². The number of ketones is 1. The maximum atomic E-state index is 13.7. The smallest absolute Gasteiger partial charge is 0.399 e. The maximum Gasteiger partial charge on any atom is 0.414 e. The fourth-order valence-electron chi connectivity index (χ4n) is 5.29. The molecule has 1 aromatic carbocycles. The second kappa shape index (κ2) is 11.4. The third kappa shape index (κ3) is 5.70. The van der Waals surface area contributed by atoms with Gasteiger partial charge in [-0.25, -0.2) is 4.79 Å². The van der Waals surface area contributed by atoms with E-state index in [9.17, 15) is 19.2 Å². The highest BCUT2D eigenvalue weighted by atomic mass is 32.1. The number of rotatable bonds is 7. The minimum atomic E-state index is -0.859. The molecule has 10 heteroatoms. The molecule has 202 valence electrons. The van der Waals surface area contributed by atoms with Gasteiger partial charge in [-0.3, -0.25) is 19.4 Å². The molecule has 3 amide bonds. The summed E-state index contributed by atoms with van der Waals surface area (Å²) in [7, 11) is 0. The Morgan fingerprint density at radius 2 is 1.79 bits per heavy atom. The van der Waals surface area contributed by atoms with Crippen LogP contribution in [0, 0.1) is 5.92 Å². The predicted molar refractivity (Wildman–Crippen MR) is 146 cm³/mol. The third-order valence-corrected chi connectivity index (χ3v) is 8.04. The number of benzene rings is 1. The number of hydrogen-bond acceptors (Lipinski definition) is 7. The summed E-state index contributed by atoms with van der Waals surface area (Å²) in [6, 6.07) is 14.6. The van der Waals surface area contributed by atoms with Crippen molar-refractivity contribution in [2.24, 2.45) is 5.92 Å². The Morgan fingerprint density at radius 3 is 2.51 bits per heavy atom. The van der Waals surface area contributed by atoms with Gasteiger partial charge < -0.3 is 19.9 Å². The van der Waals surface area contributed by atoms with E-state index in [0.29, 0.717) is 30.0 Å². The molecule has 0 bridgehead atoms. The Hall–Kier alpha value is -4.05. The van der Waals surface area contributed by atoms with Crippen molar-refractivity contribution in [2.75, 3.05) is 13.1 Å². The van der Waals surface area contributed by atoms with E-state index in [0.717, 1.165) is 10.4 Å². The van der Waals surface area contributed by atoms with Crippen molar-refractivity contribution in [1.29, 1.82) is 0 Å². The summed E-state index contributed by atoms with van der Waals surface area (Å²) < 4.78 is 5.52. The van der Waals surface area contributed by atoms with E-state index < -0.39 is 24.2 Å². The first-order valence-electron chi connectivity index (χ1n) is 13.0. The standard InChI is InChI=1S/C29H30N4O5S/c1-18(2)16-21(31-29(37)38-25-9-8-24(39-25)19-6-4-3-5-7-19)28(36)32-15-12-22-26(32)23(34)17-33(22)27(35)20-10-13-30-14-11-20/h3-11,13-14,18,21-22,26H,12,15-17H2,1-2H3,(H,31,37). The van der Waals surface area contributed by atoms with E-state index in [1.54, 1.807) is 23.1 Å². The lowest BCUT2D eigenvalue weighted by atomic mass is 10.0. The zero-order valence-corrected chi connectivity index (χ0v) is 22.6. The van der Waals surface area contributed by atoms with Gasteiger partial charge in [-0.1, -0.05) is 55.5 Å². The van der Waals surface area contributed by atoms with Crippen LogP contribution in [0.15, 0.2) is 67.0 Å². The molecular formula is C29H30N4O5S. The third-order valence-electron chi connectivity index (χ3n) is 7.02. The van der Waals surface area contributed by atoms with Gasteiger partial charge in [-0.2, -0.15) is 0 Å². The molecule has 2 aromatic heterocycles. The lowest BCUT2D eigenvalue weighted by Crippen LogP contribution is -2.53. The first-order chi connectivity index (χ1) is 18.8. The first-order valence-corrected chi connectivity index (χ1v) is 13.8. The molecule has 2 fully saturated rings. The number of pyridine rings is 1. The van der Waals surface area contributed by atoms with Gasteiger partial charge in [0.25, 0.3) is 5.91 Å². The van der Waals surface area contributed by atoms with E-state index in [1.807, 2.05) is 50.2 Å². The van der Waals surface area contributed by atoms with Crippen molar-refractivity contribution in [3.63, 3.8) is 0 Å². The van der Waals surface area contributed by atoms with Crippen LogP contribution < -0.4 is 10.1 Å². The molecule has 5 rings (SSSR count). The van der Waals surface area contributed by atoms with Gasteiger partial charge in [-0.15, -0.1) is 0 Å². The van der Waals surface area contributed by atoms with Crippen molar-refractivity contribution in [3.8, 4) is 15.5 Å². The summed E-state index contributed by atoms with van der Waals surface area (Å²) in [6.45, 7) is 4.20. The van der Waals surface area contributed by atoms with Gasteiger partial charge in [-0.05, 0) is 48.6 Å². The van der Waals surface area contributed by atoms with E-state index in [4.69, 9.17) is 4.74 Å². The fourth-order valence-corrected chi connectivity index (χ4v) is 6.15. The summed E-state index contributed by atoms with van der Waals surface area (Å²) in [5.41, 5.74) is 1.47. The van der Waals surface area contributed by atoms with Gasteiger partial charge in [0.05, 0.1) is 12.6 Å². The monoisotopic (exact) mass is 546 g/mol. The first kappa shape index (κ1) is 26.6. The fraction of sp³-hybridized carbons (Fsp3) is 0.345. The Kier molecular flexibility index (Phi) is 7.74. The molecule has 0 saturated carbocycles. The molecule has 3 aromatic rings. The molecule has 0 spiro atoms. The highest BCUT2D eigenvalue weighted by Gasteiger charge is 2.52. The number of hydrogen-bond donors (Lipinski definition) is 1. The molecule has 2 saturated heterocycles. The number of fused-ring (bicyclic) bond motifs is 1. The van der Waals surface area contributed by atoms with Crippen molar-refractivity contribution in [3.05, 3.63) is 72.6 Å². The van der Waals surface area contributed by atoms with Gasteiger partial charge in [0.2, 0.25) is 5.91 Å². The molecular weight excluding hydrogens is 516 g/mol. The molecule has 0 aliphatic carbocycles. The summed E-state index contributed by atoms with van der Waals surface area (Å²) in [5.74, 6) is -0.658. The molecule has 3 unspecified atom stereocenters. The Morgan fingerprint density at radius 1 is 1.05 bits per heavy atom. The number of ether oxygens (including phenoxy) is 1. The molecule has 9 nitrogen and oxygen atoms in total. The number of nitrogens with one attached hydrogen (secondary N) is 1. The topological polar surface area (TPSA) is 109 Å². The zero-order valence-electron chi connectivity index (χ0n) is 21.8. The van der Waals surface area contributed by atoms with Crippen LogP contribution in [-0.4, -0.2) is 69.7 Å². The molecule has 2 aliphatic rings. The van der Waals surface area contributed by atoms with Crippen LogP contribution in [-0.2, 0) is 9.59 Å². The largest absolute Gasteiger partial charge is 0.414 e. The normalized spacial score (nSPS) is 19.2. The Labute approximate surface area is 230 Å². The number of nitrogens with zero attached hydrogens (tertiary/aromatic N) is 3. The summed E-state index contributed by atoms with van der Waals surface area (Å²) in [4.78, 5) is 60.6. The molecule has 0 radical (unpaired) electrons. The van der Waals surface area contributed by atoms with Crippen LogP contribution in [0.25, 0.3) is 10.4 Å². The second-order valence-corrected chi connectivity index (χ2v) is 11.2. The van der Waals surface area contributed by atoms with Crippen LogP contribution >= 0.6 is 11.3 Å². The van der Waals surface area contributed by atoms with Crippen molar-refractivity contribution in [1.82, 2.24) is 20.1 Å². The molecule has 2 aliphatic heterocycles. The number of amides is 3. The number of likely N-dealkylation sites (tertiary alicyclic amines) is 2. The number of thiophene rings is 1. The Bertz CT molecular complexity index is 1360. The van der Waals surface area contributed by atoms with Gasteiger partial charge in [0.15, 0.2) is 10.8 Å².